The summed E-state index contributed by atoms with van der Waals surface area (Å²) in [7, 11) is 0. The number of hydrogen-bond acceptors (Lipinski definition) is 1. The fourth-order valence-electron chi connectivity index (χ4n) is 2.31. The van der Waals surface area contributed by atoms with Crippen molar-refractivity contribution in [1.82, 2.24) is 0 Å². The molecular formula is C13H26O. The first-order chi connectivity index (χ1) is 6.77. The molecule has 0 aliphatic carbocycles. The molecule has 0 aromatic heterocycles. The summed E-state index contributed by atoms with van der Waals surface area (Å²) in [4.78, 5) is 0. The molecular weight excluding hydrogens is 172 g/mol. The third-order valence-corrected chi connectivity index (χ3v) is 3.36. The third-order valence-electron chi connectivity index (χ3n) is 3.36. The minimum absolute atomic E-state index is 0.241. The number of hydrogen-bond donors (Lipinski definition) is 0. The fourth-order valence-corrected chi connectivity index (χ4v) is 2.31. The van der Waals surface area contributed by atoms with Gasteiger partial charge in [0.25, 0.3) is 0 Å². The largest absolute Gasteiger partial charge is 0.375 e. The Kier molecular flexibility index (Phi) is 5.54. The van der Waals surface area contributed by atoms with Crippen LogP contribution in [0.1, 0.15) is 71.6 Å². The molecule has 0 radical (unpaired) electrons. The second kappa shape index (κ2) is 6.44. The molecule has 0 amide bonds. The molecule has 1 unspecified atom stereocenters. The van der Waals surface area contributed by atoms with Gasteiger partial charge in [-0.2, -0.15) is 0 Å². The van der Waals surface area contributed by atoms with E-state index in [0.29, 0.717) is 0 Å². The van der Waals surface area contributed by atoms with Crippen molar-refractivity contribution in [2.75, 3.05) is 6.61 Å². The van der Waals surface area contributed by atoms with E-state index in [4.69, 9.17) is 4.74 Å². The van der Waals surface area contributed by atoms with E-state index in [1.54, 1.807) is 0 Å². The van der Waals surface area contributed by atoms with Crippen molar-refractivity contribution in [3.8, 4) is 0 Å². The highest BCUT2D eigenvalue weighted by Crippen LogP contribution is 2.30. The molecule has 0 N–H and O–H groups in total. The maximum Gasteiger partial charge on any atom is 0.0655 e. The zero-order valence-corrected chi connectivity index (χ0v) is 9.98. The first-order valence-electron chi connectivity index (χ1n) is 6.41. The van der Waals surface area contributed by atoms with E-state index in [9.17, 15) is 0 Å². The van der Waals surface area contributed by atoms with Crippen LogP contribution in [0.4, 0.5) is 0 Å². The summed E-state index contributed by atoms with van der Waals surface area (Å²) in [5.41, 5.74) is 0.241. The lowest BCUT2D eigenvalue weighted by atomic mass is 9.95. The number of ether oxygens (including phenoxy) is 1. The molecule has 1 heterocycles. The van der Waals surface area contributed by atoms with Gasteiger partial charge in [-0.25, -0.2) is 0 Å². The molecule has 0 aromatic rings. The maximum atomic E-state index is 5.77. The smallest absolute Gasteiger partial charge is 0.0655 e. The van der Waals surface area contributed by atoms with Gasteiger partial charge in [0.15, 0.2) is 0 Å². The van der Waals surface area contributed by atoms with Crippen LogP contribution in [0.15, 0.2) is 0 Å². The van der Waals surface area contributed by atoms with E-state index in [1.165, 1.54) is 57.8 Å². The standard InChI is InChI=1S/C13H26O/c1-3-4-5-6-7-8-10-13(2)11-9-12-14-13/h3-12H2,1-2H3. The summed E-state index contributed by atoms with van der Waals surface area (Å²) < 4.78 is 5.77. The molecule has 0 aromatic carbocycles. The summed E-state index contributed by atoms with van der Waals surface area (Å²) in [6.45, 7) is 5.55. The predicted octanol–water partition coefficient (Wildman–Crippen LogP) is 4.31. The van der Waals surface area contributed by atoms with Gasteiger partial charge in [0.2, 0.25) is 0 Å². The van der Waals surface area contributed by atoms with Crippen LogP contribution < -0.4 is 0 Å². The van der Waals surface area contributed by atoms with Gasteiger partial charge in [0.1, 0.15) is 0 Å². The lowest BCUT2D eigenvalue weighted by Gasteiger charge is -2.22. The van der Waals surface area contributed by atoms with E-state index < -0.39 is 0 Å². The van der Waals surface area contributed by atoms with Crippen LogP contribution in [0.5, 0.6) is 0 Å². The normalized spacial score (nSPS) is 27.0. The summed E-state index contributed by atoms with van der Waals surface area (Å²) in [5.74, 6) is 0. The second-order valence-corrected chi connectivity index (χ2v) is 4.92. The van der Waals surface area contributed by atoms with E-state index in [1.807, 2.05) is 0 Å². The molecule has 84 valence electrons. The Balaban J connectivity index is 1.92. The van der Waals surface area contributed by atoms with Gasteiger partial charge in [-0.1, -0.05) is 45.4 Å². The van der Waals surface area contributed by atoms with Gasteiger partial charge < -0.3 is 4.74 Å². The Morgan fingerprint density at radius 3 is 2.43 bits per heavy atom. The van der Waals surface area contributed by atoms with Crippen molar-refractivity contribution < 1.29 is 4.74 Å². The van der Waals surface area contributed by atoms with Crippen molar-refractivity contribution in [2.24, 2.45) is 0 Å². The third kappa shape index (κ3) is 4.45. The quantitative estimate of drug-likeness (QED) is 0.554. The Labute approximate surface area is 89.2 Å². The SMILES string of the molecule is CCCCCCCCC1(C)CCCO1. The Morgan fingerprint density at radius 1 is 1.07 bits per heavy atom. The monoisotopic (exact) mass is 198 g/mol. The molecule has 14 heavy (non-hydrogen) atoms. The summed E-state index contributed by atoms with van der Waals surface area (Å²) in [6, 6.07) is 0. The van der Waals surface area contributed by atoms with E-state index in [2.05, 4.69) is 13.8 Å². The molecule has 1 fully saturated rings. The molecule has 1 atom stereocenters. The maximum absolute atomic E-state index is 5.77. The predicted molar refractivity (Wildman–Crippen MR) is 61.6 cm³/mol. The van der Waals surface area contributed by atoms with Gasteiger partial charge in [0.05, 0.1) is 5.60 Å². The van der Waals surface area contributed by atoms with E-state index in [0.717, 1.165) is 6.61 Å². The lowest BCUT2D eigenvalue weighted by molar-refractivity contribution is 0.0113. The highest BCUT2D eigenvalue weighted by Gasteiger charge is 2.28. The molecule has 1 rings (SSSR count). The van der Waals surface area contributed by atoms with Crippen molar-refractivity contribution in [3.05, 3.63) is 0 Å². The number of rotatable bonds is 7. The van der Waals surface area contributed by atoms with Crippen LogP contribution in [0.3, 0.4) is 0 Å². The zero-order valence-electron chi connectivity index (χ0n) is 9.98. The van der Waals surface area contributed by atoms with E-state index in [-0.39, 0.29) is 5.60 Å². The van der Waals surface area contributed by atoms with Crippen LogP contribution in [0.25, 0.3) is 0 Å². The molecule has 1 saturated heterocycles. The molecule has 1 nitrogen and oxygen atoms in total. The van der Waals surface area contributed by atoms with Crippen LogP contribution in [0.2, 0.25) is 0 Å². The summed E-state index contributed by atoms with van der Waals surface area (Å²) in [6.07, 6.45) is 12.2. The van der Waals surface area contributed by atoms with Gasteiger partial charge in [-0.05, 0) is 26.2 Å². The van der Waals surface area contributed by atoms with Crippen LogP contribution in [-0.2, 0) is 4.74 Å². The minimum Gasteiger partial charge on any atom is -0.375 e. The van der Waals surface area contributed by atoms with Crippen LogP contribution >= 0.6 is 0 Å². The van der Waals surface area contributed by atoms with Crippen LogP contribution in [-0.4, -0.2) is 12.2 Å². The van der Waals surface area contributed by atoms with Crippen molar-refractivity contribution >= 4 is 0 Å². The molecule has 1 heteroatoms. The van der Waals surface area contributed by atoms with Crippen molar-refractivity contribution in [3.63, 3.8) is 0 Å². The average molecular weight is 198 g/mol. The van der Waals surface area contributed by atoms with Gasteiger partial charge >= 0.3 is 0 Å². The second-order valence-electron chi connectivity index (χ2n) is 4.92. The lowest BCUT2D eigenvalue weighted by Crippen LogP contribution is -2.22. The summed E-state index contributed by atoms with van der Waals surface area (Å²) >= 11 is 0. The molecule has 1 aliphatic heterocycles. The van der Waals surface area contributed by atoms with E-state index >= 15 is 0 Å². The highest BCUT2D eigenvalue weighted by atomic mass is 16.5. The topological polar surface area (TPSA) is 9.23 Å². The van der Waals surface area contributed by atoms with Crippen molar-refractivity contribution in [1.29, 1.82) is 0 Å². The Morgan fingerprint density at radius 2 is 1.79 bits per heavy atom. The first kappa shape index (κ1) is 12.0. The molecule has 1 aliphatic rings. The fraction of sp³-hybridized carbons (Fsp3) is 1.00. The first-order valence-corrected chi connectivity index (χ1v) is 6.41. The minimum atomic E-state index is 0.241. The molecule has 0 saturated carbocycles. The zero-order chi connectivity index (χ0) is 10.3. The Bertz CT molecular complexity index is 136. The average Bonchev–Trinajstić information content (AvgIpc) is 2.59. The Hall–Kier alpha value is -0.0400. The van der Waals surface area contributed by atoms with Crippen LogP contribution in [0, 0.1) is 0 Å². The summed E-state index contributed by atoms with van der Waals surface area (Å²) in [5, 5.41) is 0. The number of unbranched alkanes of at least 4 members (excludes halogenated alkanes) is 5. The van der Waals surface area contributed by atoms with Gasteiger partial charge in [-0.3, -0.25) is 0 Å². The highest BCUT2D eigenvalue weighted by molar-refractivity contribution is 4.79. The molecule has 0 bridgehead atoms. The molecule has 0 spiro atoms. The van der Waals surface area contributed by atoms with Gasteiger partial charge in [-0.15, -0.1) is 0 Å². The van der Waals surface area contributed by atoms with Gasteiger partial charge in [0, 0.05) is 6.61 Å². The van der Waals surface area contributed by atoms with Crippen molar-refractivity contribution in [2.45, 2.75) is 77.2 Å².